The number of fused-ring (bicyclic) bond motifs is 1. The second kappa shape index (κ2) is 5.61. The van der Waals surface area contributed by atoms with E-state index in [1.54, 1.807) is 30.1 Å². The van der Waals surface area contributed by atoms with Gasteiger partial charge < -0.3 is 19.3 Å². The van der Waals surface area contributed by atoms with Gasteiger partial charge in [0.25, 0.3) is 0 Å². The summed E-state index contributed by atoms with van der Waals surface area (Å²) in [5.74, 6) is 1.67. The molecule has 0 radical (unpaired) electrons. The molecule has 0 amide bonds. The first-order chi connectivity index (χ1) is 10.2. The van der Waals surface area contributed by atoms with E-state index in [0.717, 1.165) is 6.42 Å². The third-order valence-corrected chi connectivity index (χ3v) is 3.36. The topological polar surface area (TPSA) is 78.6 Å². The van der Waals surface area contributed by atoms with Crippen molar-refractivity contribution in [3.8, 4) is 17.2 Å². The van der Waals surface area contributed by atoms with Crippen LogP contribution in [-0.2, 0) is 6.54 Å². The van der Waals surface area contributed by atoms with Crippen molar-refractivity contribution in [2.24, 2.45) is 0 Å². The van der Waals surface area contributed by atoms with Gasteiger partial charge in [0.15, 0.2) is 11.5 Å². The molecule has 1 aliphatic heterocycles. The maximum absolute atomic E-state index is 10.6. The number of benzene rings is 1. The molecule has 2 heterocycles. The van der Waals surface area contributed by atoms with Crippen LogP contribution in [0.15, 0.2) is 18.3 Å². The number of rotatable bonds is 5. The molecule has 112 valence electrons. The number of hydrogen-bond acceptors (Lipinski definition) is 6. The molecule has 1 unspecified atom stereocenters. The number of aryl methyl sites for hydroxylation is 1. The summed E-state index contributed by atoms with van der Waals surface area (Å²) in [6.07, 6.45) is 1.63. The summed E-state index contributed by atoms with van der Waals surface area (Å²) in [4.78, 5) is 0. The number of nitrogens with zero attached hydrogens (tertiary/aromatic N) is 3. The summed E-state index contributed by atoms with van der Waals surface area (Å²) in [5.41, 5.74) is 1.29. The summed E-state index contributed by atoms with van der Waals surface area (Å²) < 4.78 is 17.7. The SMILES string of the molecule is CCCn1nncc1C(O)c1cc(OC)c2c(c1)OCO2. The average Bonchev–Trinajstić information content (AvgIpc) is 3.14. The van der Waals surface area contributed by atoms with Gasteiger partial charge in [0.1, 0.15) is 6.10 Å². The van der Waals surface area contributed by atoms with Crippen molar-refractivity contribution in [1.82, 2.24) is 15.0 Å². The summed E-state index contributed by atoms with van der Waals surface area (Å²) in [5, 5.41) is 18.4. The monoisotopic (exact) mass is 291 g/mol. The fraction of sp³-hybridized carbons (Fsp3) is 0.429. The number of aromatic nitrogens is 3. The fourth-order valence-electron chi connectivity index (χ4n) is 2.34. The Balaban J connectivity index is 1.98. The van der Waals surface area contributed by atoms with Crippen LogP contribution in [0.1, 0.15) is 30.7 Å². The van der Waals surface area contributed by atoms with Crippen LogP contribution < -0.4 is 14.2 Å². The first kappa shape index (κ1) is 13.7. The normalized spacial score (nSPS) is 14.2. The van der Waals surface area contributed by atoms with Crippen LogP contribution in [0, 0.1) is 0 Å². The first-order valence-corrected chi connectivity index (χ1v) is 6.78. The molecule has 0 bridgehead atoms. The van der Waals surface area contributed by atoms with Crippen LogP contribution >= 0.6 is 0 Å². The van der Waals surface area contributed by atoms with Gasteiger partial charge in [-0.25, -0.2) is 4.68 Å². The number of methoxy groups -OCH3 is 1. The Morgan fingerprint density at radius 2 is 2.29 bits per heavy atom. The van der Waals surface area contributed by atoms with Crippen LogP contribution in [0.2, 0.25) is 0 Å². The Kier molecular flexibility index (Phi) is 3.66. The lowest BCUT2D eigenvalue weighted by atomic mass is 10.1. The molecule has 7 heteroatoms. The smallest absolute Gasteiger partial charge is 0.231 e. The van der Waals surface area contributed by atoms with Gasteiger partial charge in [0.2, 0.25) is 12.5 Å². The maximum atomic E-state index is 10.6. The molecule has 1 aliphatic rings. The van der Waals surface area contributed by atoms with Crippen LogP contribution in [-0.4, -0.2) is 34.0 Å². The second-order valence-corrected chi connectivity index (χ2v) is 4.74. The van der Waals surface area contributed by atoms with E-state index in [9.17, 15) is 5.11 Å². The van der Waals surface area contributed by atoms with Crippen LogP contribution in [0.3, 0.4) is 0 Å². The molecule has 3 rings (SSSR count). The van der Waals surface area contributed by atoms with E-state index in [1.165, 1.54) is 0 Å². The second-order valence-electron chi connectivity index (χ2n) is 4.74. The van der Waals surface area contributed by atoms with E-state index >= 15 is 0 Å². The van der Waals surface area contributed by atoms with Crippen LogP contribution in [0.5, 0.6) is 17.2 Å². The van der Waals surface area contributed by atoms with Gasteiger partial charge in [-0.05, 0) is 24.1 Å². The van der Waals surface area contributed by atoms with Crippen molar-refractivity contribution < 1.29 is 19.3 Å². The lowest BCUT2D eigenvalue weighted by Gasteiger charge is -2.14. The average molecular weight is 291 g/mol. The van der Waals surface area contributed by atoms with Crippen LogP contribution in [0.4, 0.5) is 0 Å². The highest BCUT2D eigenvalue weighted by Crippen LogP contribution is 2.43. The molecule has 1 N–H and O–H groups in total. The minimum absolute atomic E-state index is 0.153. The zero-order valence-electron chi connectivity index (χ0n) is 11.9. The molecule has 1 atom stereocenters. The quantitative estimate of drug-likeness (QED) is 0.899. The van der Waals surface area contributed by atoms with E-state index in [1.807, 2.05) is 6.92 Å². The fourth-order valence-corrected chi connectivity index (χ4v) is 2.34. The molecule has 7 nitrogen and oxygen atoms in total. The molecule has 0 saturated carbocycles. The van der Waals surface area contributed by atoms with Gasteiger partial charge in [-0.2, -0.15) is 0 Å². The van der Waals surface area contributed by atoms with Gasteiger partial charge in [-0.1, -0.05) is 12.1 Å². The van der Waals surface area contributed by atoms with Crippen LogP contribution in [0.25, 0.3) is 0 Å². The van der Waals surface area contributed by atoms with Crippen molar-refractivity contribution in [3.05, 3.63) is 29.6 Å². The molecule has 0 fully saturated rings. The maximum Gasteiger partial charge on any atom is 0.231 e. The first-order valence-electron chi connectivity index (χ1n) is 6.78. The predicted molar refractivity (Wildman–Crippen MR) is 73.5 cm³/mol. The molecular formula is C14H17N3O4. The van der Waals surface area contributed by atoms with Gasteiger partial charge in [0, 0.05) is 6.54 Å². The lowest BCUT2D eigenvalue weighted by molar-refractivity contribution is 0.171. The van der Waals surface area contributed by atoms with Crippen molar-refractivity contribution in [1.29, 1.82) is 0 Å². The van der Waals surface area contributed by atoms with Gasteiger partial charge in [0.05, 0.1) is 19.0 Å². The molecule has 0 aliphatic carbocycles. The molecule has 2 aromatic rings. The van der Waals surface area contributed by atoms with E-state index < -0.39 is 6.10 Å². The zero-order chi connectivity index (χ0) is 14.8. The lowest BCUT2D eigenvalue weighted by Crippen LogP contribution is -2.10. The summed E-state index contributed by atoms with van der Waals surface area (Å²) in [7, 11) is 1.55. The number of hydrogen-bond donors (Lipinski definition) is 1. The van der Waals surface area contributed by atoms with Gasteiger partial charge >= 0.3 is 0 Å². The number of aliphatic hydroxyl groups excluding tert-OH is 1. The Morgan fingerprint density at radius 1 is 1.43 bits per heavy atom. The third kappa shape index (κ3) is 2.40. The number of ether oxygens (including phenoxy) is 3. The summed E-state index contributed by atoms with van der Waals surface area (Å²) >= 11 is 0. The Bertz CT molecular complexity index is 641. The summed E-state index contributed by atoms with van der Waals surface area (Å²) in [6, 6.07) is 3.49. The Labute approximate surface area is 122 Å². The predicted octanol–water partition coefficient (Wildman–Crippen LogP) is 1.51. The standard InChI is InChI=1S/C14H17N3O4/c1-3-4-17-10(7-15-16-17)13(18)9-5-11(19-2)14-12(6-9)20-8-21-14/h5-7,13,18H,3-4,8H2,1-2H3. The number of aliphatic hydroxyl groups is 1. The van der Waals surface area contributed by atoms with Crippen molar-refractivity contribution in [2.45, 2.75) is 26.0 Å². The minimum atomic E-state index is -0.852. The molecule has 1 aromatic carbocycles. The highest BCUT2D eigenvalue weighted by molar-refractivity contribution is 5.56. The van der Waals surface area contributed by atoms with Crippen molar-refractivity contribution in [2.75, 3.05) is 13.9 Å². The highest BCUT2D eigenvalue weighted by Gasteiger charge is 2.24. The molecule has 1 aromatic heterocycles. The molecule has 0 spiro atoms. The highest BCUT2D eigenvalue weighted by atomic mass is 16.7. The van der Waals surface area contributed by atoms with E-state index in [0.29, 0.717) is 35.1 Å². The van der Waals surface area contributed by atoms with E-state index in [-0.39, 0.29) is 6.79 Å². The minimum Gasteiger partial charge on any atom is -0.493 e. The molecule has 21 heavy (non-hydrogen) atoms. The van der Waals surface area contributed by atoms with Gasteiger partial charge in [-0.15, -0.1) is 5.10 Å². The Hall–Kier alpha value is -2.28. The van der Waals surface area contributed by atoms with Crippen molar-refractivity contribution >= 4 is 0 Å². The zero-order valence-corrected chi connectivity index (χ0v) is 11.9. The summed E-state index contributed by atoms with van der Waals surface area (Å²) in [6.45, 7) is 2.90. The van der Waals surface area contributed by atoms with E-state index in [4.69, 9.17) is 14.2 Å². The Morgan fingerprint density at radius 3 is 3.05 bits per heavy atom. The molecule has 0 saturated heterocycles. The largest absolute Gasteiger partial charge is 0.493 e. The third-order valence-electron chi connectivity index (χ3n) is 3.36. The van der Waals surface area contributed by atoms with Crippen molar-refractivity contribution in [3.63, 3.8) is 0 Å². The molecular weight excluding hydrogens is 274 g/mol. The van der Waals surface area contributed by atoms with Gasteiger partial charge in [-0.3, -0.25) is 0 Å². The van der Waals surface area contributed by atoms with E-state index in [2.05, 4.69) is 10.3 Å².